The van der Waals surface area contributed by atoms with E-state index in [1.807, 2.05) is 6.92 Å². The summed E-state index contributed by atoms with van der Waals surface area (Å²) in [7, 11) is 0. The maximum atomic E-state index is 11.7. The van der Waals surface area contributed by atoms with Crippen LogP contribution in [0.1, 0.15) is 60.3 Å². The van der Waals surface area contributed by atoms with Gasteiger partial charge in [0.1, 0.15) is 5.78 Å². The molecule has 0 aromatic rings. The summed E-state index contributed by atoms with van der Waals surface area (Å²) in [6, 6.07) is 0. The lowest BCUT2D eigenvalue weighted by Crippen LogP contribution is -2.56. The second-order valence-corrected chi connectivity index (χ2v) is 7.20. The molecule has 17 heavy (non-hydrogen) atoms. The smallest absolute Gasteiger partial charge is 0.135 e. The van der Waals surface area contributed by atoms with Gasteiger partial charge in [-0.2, -0.15) is 0 Å². The molecule has 0 aromatic heterocycles. The van der Waals surface area contributed by atoms with Crippen LogP contribution < -0.4 is 0 Å². The van der Waals surface area contributed by atoms with Crippen LogP contribution in [0.15, 0.2) is 0 Å². The van der Waals surface area contributed by atoms with Crippen LogP contribution in [0.4, 0.5) is 0 Å². The average molecular weight is 236 g/mol. The fourth-order valence-corrected chi connectivity index (χ4v) is 4.76. The first kappa shape index (κ1) is 13.1. The van der Waals surface area contributed by atoms with Gasteiger partial charge in [0.25, 0.3) is 0 Å². The molecule has 3 aliphatic carbocycles. The van der Waals surface area contributed by atoms with Gasteiger partial charge in [-0.1, -0.05) is 34.6 Å². The highest BCUT2D eigenvalue weighted by molar-refractivity contribution is 5.80. The second kappa shape index (κ2) is 4.40. The molecule has 0 amide bonds. The lowest BCUT2D eigenvalue weighted by molar-refractivity contribution is -0.145. The summed E-state index contributed by atoms with van der Waals surface area (Å²) in [5.41, 5.74) is 0.539. The number of Topliss-reactive ketones (excluding diaryl/α,β-unsaturated/α-hetero) is 1. The Hall–Kier alpha value is -0.330. The second-order valence-electron chi connectivity index (χ2n) is 7.20. The fraction of sp³-hybridized carbons (Fsp3) is 0.938. The highest BCUT2D eigenvalue weighted by Gasteiger charge is 2.56. The number of carbonyl (C=O) groups excluding carboxylic acids is 1. The van der Waals surface area contributed by atoms with Gasteiger partial charge >= 0.3 is 0 Å². The van der Waals surface area contributed by atoms with Crippen molar-refractivity contribution in [3.05, 3.63) is 0 Å². The van der Waals surface area contributed by atoms with Crippen LogP contribution in [0.2, 0.25) is 0 Å². The van der Waals surface area contributed by atoms with Gasteiger partial charge < -0.3 is 0 Å². The number of hydrogen-bond donors (Lipinski definition) is 0. The number of ketones is 1. The molecule has 0 heterocycles. The molecular weight excluding hydrogens is 208 g/mol. The van der Waals surface area contributed by atoms with E-state index >= 15 is 0 Å². The van der Waals surface area contributed by atoms with Crippen molar-refractivity contribution < 1.29 is 4.79 Å². The van der Waals surface area contributed by atoms with Gasteiger partial charge in [0.2, 0.25) is 0 Å². The van der Waals surface area contributed by atoms with E-state index in [1.165, 1.54) is 12.8 Å². The maximum absolute atomic E-state index is 11.7. The van der Waals surface area contributed by atoms with E-state index < -0.39 is 0 Å². The van der Waals surface area contributed by atoms with Crippen molar-refractivity contribution in [2.24, 2.45) is 35.0 Å². The van der Waals surface area contributed by atoms with E-state index in [-0.39, 0.29) is 5.92 Å². The number of carbonyl (C=O) groups is 1. The summed E-state index contributed by atoms with van der Waals surface area (Å²) in [4.78, 5) is 11.7. The minimum atomic E-state index is 0.283. The number of hydrogen-bond acceptors (Lipinski definition) is 1. The normalized spacial score (nSPS) is 40.5. The molecule has 3 saturated carbocycles. The molecule has 1 heteroatoms. The molecule has 0 aromatic carbocycles. The Morgan fingerprint density at radius 2 is 1.94 bits per heavy atom. The third kappa shape index (κ3) is 2.06. The Morgan fingerprint density at radius 3 is 2.41 bits per heavy atom. The van der Waals surface area contributed by atoms with Gasteiger partial charge in [0, 0.05) is 12.3 Å². The molecule has 2 bridgehead atoms. The first-order chi connectivity index (χ1) is 7.87. The zero-order chi connectivity index (χ0) is 12.8. The van der Waals surface area contributed by atoms with Crippen molar-refractivity contribution >= 4 is 5.78 Å². The largest absolute Gasteiger partial charge is 0.299 e. The van der Waals surface area contributed by atoms with E-state index in [0.717, 1.165) is 30.1 Å². The SMILES string of the molecule is CCC(=O)C(C)CC1CC(C)C2CC1C2(C)C. The number of fused-ring (bicyclic) bond motifs is 2. The standard InChI is InChI=1S/C16H28O/c1-6-15(17)11(3)8-12-7-10(2)13-9-14(12)16(13,4)5/h10-14H,6-9H2,1-5H3. The summed E-state index contributed by atoms with van der Waals surface area (Å²) < 4.78 is 0. The van der Waals surface area contributed by atoms with Gasteiger partial charge in [-0.3, -0.25) is 4.79 Å². The van der Waals surface area contributed by atoms with Gasteiger partial charge in [0.05, 0.1) is 0 Å². The summed E-state index contributed by atoms with van der Waals surface area (Å²) in [6.45, 7) is 11.4. The van der Waals surface area contributed by atoms with Crippen molar-refractivity contribution in [2.75, 3.05) is 0 Å². The average Bonchev–Trinajstić information content (AvgIpc) is 2.26. The lowest BCUT2D eigenvalue weighted by atomic mass is 9.42. The van der Waals surface area contributed by atoms with Crippen LogP contribution in [0.3, 0.4) is 0 Å². The Labute approximate surface area is 106 Å². The van der Waals surface area contributed by atoms with Crippen LogP contribution in [0.25, 0.3) is 0 Å². The van der Waals surface area contributed by atoms with Gasteiger partial charge in [-0.05, 0) is 48.3 Å². The molecule has 3 rings (SSSR count). The lowest BCUT2D eigenvalue weighted by Gasteiger charge is -2.63. The third-order valence-electron chi connectivity index (χ3n) is 5.90. The zero-order valence-electron chi connectivity index (χ0n) is 12.1. The molecule has 1 nitrogen and oxygen atoms in total. The quantitative estimate of drug-likeness (QED) is 0.711. The van der Waals surface area contributed by atoms with Crippen molar-refractivity contribution in [3.8, 4) is 0 Å². The van der Waals surface area contributed by atoms with Crippen molar-refractivity contribution in [2.45, 2.75) is 60.3 Å². The maximum Gasteiger partial charge on any atom is 0.135 e. The van der Waals surface area contributed by atoms with E-state index in [1.54, 1.807) is 0 Å². The van der Waals surface area contributed by atoms with Gasteiger partial charge in [0.15, 0.2) is 0 Å². The van der Waals surface area contributed by atoms with E-state index in [0.29, 0.717) is 17.6 Å². The van der Waals surface area contributed by atoms with E-state index in [9.17, 15) is 4.79 Å². The Kier molecular flexibility index (Phi) is 3.40. The first-order valence-corrected chi connectivity index (χ1v) is 7.40. The molecule has 0 aliphatic heterocycles. The minimum Gasteiger partial charge on any atom is -0.299 e. The molecule has 0 radical (unpaired) electrons. The van der Waals surface area contributed by atoms with E-state index in [2.05, 4.69) is 27.7 Å². The van der Waals surface area contributed by atoms with Crippen molar-refractivity contribution in [1.82, 2.24) is 0 Å². The topological polar surface area (TPSA) is 17.1 Å². The van der Waals surface area contributed by atoms with Gasteiger partial charge in [-0.25, -0.2) is 0 Å². The zero-order valence-corrected chi connectivity index (χ0v) is 12.1. The van der Waals surface area contributed by atoms with Crippen LogP contribution in [-0.2, 0) is 4.79 Å². The number of rotatable bonds is 4. The van der Waals surface area contributed by atoms with E-state index in [4.69, 9.17) is 0 Å². The van der Waals surface area contributed by atoms with Crippen LogP contribution in [0.5, 0.6) is 0 Å². The van der Waals surface area contributed by atoms with Crippen molar-refractivity contribution in [1.29, 1.82) is 0 Å². The Bertz CT molecular complexity index is 305. The van der Waals surface area contributed by atoms with Crippen LogP contribution in [-0.4, -0.2) is 5.78 Å². The van der Waals surface area contributed by atoms with Crippen LogP contribution in [0, 0.1) is 35.0 Å². The Morgan fingerprint density at radius 1 is 1.29 bits per heavy atom. The highest BCUT2D eigenvalue weighted by atomic mass is 16.1. The molecular formula is C16H28O. The first-order valence-electron chi connectivity index (χ1n) is 7.40. The Balaban J connectivity index is 2.00. The molecule has 0 spiro atoms. The highest BCUT2D eigenvalue weighted by Crippen LogP contribution is 2.64. The molecule has 0 saturated heterocycles. The van der Waals surface area contributed by atoms with Crippen molar-refractivity contribution in [3.63, 3.8) is 0 Å². The molecule has 3 aliphatic rings. The monoisotopic (exact) mass is 236 g/mol. The molecule has 3 fully saturated rings. The van der Waals surface area contributed by atoms with Crippen LogP contribution >= 0.6 is 0 Å². The third-order valence-corrected chi connectivity index (χ3v) is 5.90. The minimum absolute atomic E-state index is 0.283. The molecule has 5 unspecified atom stereocenters. The summed E-state index contributed by atoms with van der Waals surface area (Å²) >= 11 is 0. The fourth-order valence-electron chi connectivity index (χ4n) is 4.76. The molecule has 5 atom stereocenters. The van der Waals surface area contributed by atoms with Gasteiger partial charge in [-0.15, -0.1) is 0 Å². The summed E-state index contributed by atoms with van der Waals surface area (Å²) in [6.07, 6.45) is 4.63. The predicted octanol–water partition coefficient (Wildman–Crippen LogP) is 4.31. The molecule has 0 N–H and O–H groups in total. The summed E-state index contributed by atoms with van der Waals surface area (Å²) in [5.74, 6) is 4.23. The predicted molar refractivity (Wildman–Crippen MR) is 71.7 cm³/mol. The summed E-state index contributed by atoms with van der Waals surface area (Å²) in [5, 5.41) is 0. The molecule has 98 valence electrons.